The van der Waals surface area contributed by atoms with Gasteiger partial charge in [0.2, 0.25) is 10.0 Å². The zero-order chi connectivity index (χ0) is 26.4. The number of hydrogen-bond donors (Lipinski definition) is 0. The molecular weight excluding hydrogens is 507 g/mol. The van der Waals surface area contributed by atoms with Crippen molar-refractivity contribution in [3.63, 3.8) is 0 Å². The molecule has 8 nitrogen and oxygen atoms in total. The third-order valence-electron chi connectivity index (χ3n) is 6.71. The lowest BCUT2D eigenvalue weighted by Crippen LogP contribution is -2.49. The second-order valence-electron chi connectivity index (χ2n) is 8.98. The SMILES string of the molecule is Cc1ccccc1-c1ccc(N2CCN(S(=O)(=O)c3ccc4c(c3)CCN4C(=O)C(F)(F)F)CC2)nn1. The molecule has 5 rings (SSSR count). The number of carbonyl (C=O) groups is 1. The van der Waals surface area contributed by atoms with Crippen LogP contribution in [0.3, 0.4) is 0 Å². The summed E-state index contributed by atoms with van der Waals surface area (Å²) >= 11 is 0. The molecule has 1 saturated heterocycles. The quantitative estimate of drug-likeness (QED) is 0.513. The van der Waals surface area contributed by atoms with Gasteiger partial charge in [0.15, 0.2) is 5.82 Å². The molecule has 0 radical (unpaired) electrons. The number of hydrogen-bond acceptors (Lipinski definition) is 6. The van der Waals surface area contributed by atoms with Crippen LogP contribution in [0.1, 0.15) is 11.1 Å². The van der Waals surface area contributed by atoms with Gasteiger partial charge < -0.3 is 9.80 Å². The van der Waals surface area contributed by atoms with Gasteiger partial charge in [0.1, 0.15) is 0 Å². The van der Waals surface area contributed by atoms with Gasteiger partial charge in [0.05, 0.1) is 10.6 Å². The molecule has 194 valence electrons. The van der Waals surface area contributed by atoms with E-state index in [-0.39, 0.29) is 36.6 Å². The normalized spacial score (nSPS) is 16.6. The maximum atomic E-state index is 13.3. The number of aromatic nitrogens is 2. The van der Waals surface area contributed by atoms with Crippen LogP contribution in [0.15, 0.2) is 59.5 Å². The second kappa shape index (κ2) is 9.42. The van der Waals surface area contributed by atoms with Crippen LogP contribution in [0.4, 0.5) is 24.7 Å². The van der Waals surface area contributed by atoms with E-state index in [1.54, 1.807) is 0 Å². The fourth-order valence-corrected chi connectivity index (χ4v) is 6.18. The maximum absolute atomic E-state index is 13.3. The van der Waals surface area contributed by atoms with Crippen LogP contribution in [-0.4, -0.2) is 67.7 Å². The van der Waals surface area contributed by atoms with Gasteiger partial charge in [-0.15, -0.1) is 10.2 Å². The highest BCUT2D eigenvalue weighted by Gasteiger charge is 2.45. The van der Waals surface area contributed by atoms with Crippen LogP contribution in [0.2, 0.25) is 0 Å². The number of nitrogens with zero attached hydrogens (tertiary/aromatic N) is 5. The van der Waals surface area contributed by atoms with E-state index < -0.39 is 22.1 Å². The molecule has 2 aromatic carbocycles. The van der Waals surface area contributed by atoms with Crippen molar-refractivity contribution in [2.75, 3.05) is 42.5 Å². The van der Waals surface area contributed by atoms with Gasteiger partial charge in [-0.2, -0.15) is 17.5 Å². The van der Waals surface area contributed by atoms with Crippen LogP contribution in [0.25, 0.3) is 11.3 Å². The van der Waals surface area contributed by atoms with E-state index in [2.05, 4.69) is 10.2 Å². The third kappa shape index (κ3) is 4.78. The number of piperazine rings is 1. The Balaban J connectivity index is 1.26. The maximum Gasteiger partial charge on any atom is 0.471 e. The fourth-order valence-electron chi connectivity index (χ4n) is 4.71. The lowest BCUT2D eigenvalue weighted by Gasteiger charge is -2.34. The van der Waals surface area contributed by atoms with Crippen molar-refractivity contribution >= 4 is 27.4 Å². The Kier molecular flexibility index (Phi) is 6.40. The van der Waals surface area contributed by atoms with Gasteiger partial charge in [-0.05, 0) is 54.8 Å². The summed E-state index contributed by atoms with van der Waals surface area (Å²) in [5, 5.41) is 8.68. The lowest BCUT2D eigenvalue weighted by molar-refractivity contribution is -0.170. The minimum Gasteiger partial charge on any atom is -0.352 e. The van der Waals surface area contributed by atoms with E-state index in [1.165, 1.54) is 22.5 Å². The van der Waals surface area contributed by atoms with Crippen LogP contribution in [-0.2, 0) is 21.2 Å². The van der Waals surface area contributed by atoms with E-state index >= 15 is 0 Å². The molecule has 0 unspecified atom stereocenters. The molecule has 0 atom stereocenters. The van der Waals surface area contributed by atoms with E-state index in [0.717, 1.165) is 16.8 Å². The molecule has 3 aromatic rings. The van der Waals surface area contributed by atoms with Crippen molar-refractivity contribution < 1.29 is 26.4 Å². The zero-order valence-electron chi connectivity index (χ0n) is 19.9. The smallest absolute Gasteiger partial charge is 0.352 e. The highest BCUT2D eigenvalue weighted by molar-refractivity contribution is 7.89. The van der Waals surface area contributed by atoms with Gasteiger partial charge in [0, 0.05) is 44.0 Å². The van der Waals surface area contributed by atoms with E-state index in [4.69, 9.17) is 0 Å². The van der Waals surface area contributed by atoms with Crippen LogP contribution in [0, 0.1) is 6.92 Å². The van der Waals surface area contributed by atoms with Gasteiger partial charge in [0.25, 0.3) is 0 Å². The number of anilines is 2. The predicted molar refractivity (Wildman–Crippen MR) is 132 cm³/mol. The molecule has 0 aliphatic carbocycles. The standard InChI is InChI=1S/C25H24F3N5O3S/c1-17-4-2-3-5-20(17)21-7-9-23(30-29-21)31-12-14-32(15-13-31)37(35,36)19-6-8-22-18(16-19)10-11-33(22)24(34)25(26,27)28/h2-9,16H,10-15H2,1H3. The number of amides is 1. The van der Waals surface area contributed by atoms with Crippen LogP contribution < -0.4 is 9.80 Å². The van der Waals surface area contributed by atoms with Gasteiger partial charge in [-0.3, -0.25) is 4.79 Å². The second-order valence-corrected chi connectivity index (χ2v) is 10.9. The molecule has 12 heteroatoms. The summed E-state index contributed by atoms with van der Waals surface area (Å²) in [6.07, 6.45) is -4.83. The van der Waals surface area contributed by atoms with Crippen molar-refractivity contribution in [1.82, 2.24) is 14.5 Å². The Morgan fingerprint density at radius 1 is 0.919 bits per heavy atom. The zero-order valence-corrected chi connectivity index (χ0v) is 20.8. The fraction of sp³-hybridized carbons (Fsp3) is 0.320. The third-order valence-corrected chi connectivity index (χ3v) is 8.60. The van der Waals surface area contributed by atoms with Gasteiger partial charge >= 0.3 is 12.1 Å². The molecule has 0 spiro atoms. The number of alkyl halides is 3. The number of aryl methyl sites for hydroxylation is 1. The molecule has 2 aliphatic heterocycles. The molecule has 1 amide bonds. The van der Waals surface area contributed by atoms with Crippen LogP contribution in [0.5, 0.6) is 0 Å². The number of rotatable bonds is 4. The first-order chi connectivity index (χ1) is 17.6. The number of sulfonamides is 1. The predicted octanol–water partition coefficient (Wildman–Crippen LogP) is 3.41. The largest absolute Gasteiger partial charge is 0.471 e. The molecule has 2 aliphatic rings. The Labute approximate surface area is 212 Å². The first-order valence-corrected chi connectivity index (χ1v) is 13.2. The summed E-state index contributed by atoms with van der Waals surface area (Å²) in [5.41, 5.74) is 3.35. The van der Waals surface area contributed by atoms with Crippen molar-refractivity contribution in [2.45, 2.75) is 24.4 Å². The highest BCUT2D eigenvalue weighted by Crippen LogP contribution is 2.34. The van der Waals surface area contributed by atoms with Gasteiger partial charge in [-0.25, -0.2) is 8.42 Å². The average molecular weight is 532 g/mol. The topological polar surface area (TPSA) is 86.7 Å². The summed E-state index contributed by atoms with van der Waals surface area (Å²) in [7, 11) is -3.86. The van der Waals surface area contributed by atoms with E-state index in [1.807, 2.05) is 48.2 Å². The molecule has 0 saturated carbocycles. The number of halogens is 3. The lowest BCUT2D eigenvalue weighted by atomic mass is 10.1. The summed E-state index contributed by atoms with van der Waals surface area (Å²) in [6, 6.07) is 15.6. The average Bonchev–Trinajstić information content (AvgIpc) is 3.31. The minimum atomic E-state index is -4.99. The van der Waals surface area contributed by atoms with Crippen molar-refractivity contribution in [3.05, 3.63) is 65.7 Å². The molecule has 1 fully saturated rings. The molecular formula is C25H24F3N5O3S. The monoisotopic (exact) mass is 531 g/mol. The Morgan fingerprint density at radius 3 is 2.30 bits per heavy atom. The Morgan fingerprint density at radius 2 is 1.65 bits per heavy atom. The summed E-state index contributed by atoms with van der Waals surface area (Å²) in [5.74, 6) is -1.30. The first-order valence-electron chi connectivity index (χ1n) is 11.7. The van der Waals surface area contributed by atoms with E-state index in [9.17, 15) is 26.4 Å². The first kappa shape index (κ1) is 25.2. The van der Waals surface area contributed by atoms with Crippen LogP contribution >= 0.6 is 0 Å². The van der Waals surface area contributed by atoms with Crippen molar-refractivity contribution in [1.29, 1.82) is 0 Å². The molecule has 1 aromatic heterocycles. The van der Waals surface area contributed by atoms with Crippen molar-refractivity contribution in [3.8, 4) is 11.3 Å². The van der Waals surface area contributed by atoms with Crippen molar-refractivity contribution in [2.24, 2.45) is 0 Å². The summed E-state index contributed by atoms with van der Waals surface area (Å²) in [6.45, 7) is 3.13. The number of fused-ring (bicyclic) bond motifs is 1. The molecule has 0 bridgehead atoms. The number of benzene rings is 2. The molecule has 0 N–H and O–H groups in total. The summed E-state index contributed by atoms with van der Waals surface area (Å²) < 4.78 is 66.5. The van der Waals surface area contributed by atoms with Gasteiger partial charge in [-0.1, -0.05) is 24.3 Å². The Bertz CT molecular complexity index is 1440. The number of carbonyl (C=O) groups excluding carboxylic acids is 1. The van der Waals surface area contributed by atoms with E-state index in [0.29, 0.717) is 29.4 Å². The molecule has 37 heavy (non-hydrogen) atoms. The minimum absolute atomic E-state index is 0.00313. The Hall–Kier alpha value is -3.51. The highest BCUT2D eigenvalue weighted by atomic mass is 32.2. The summed E-state index contributed by atoms with van der Waals surface area (Å²) in [4.78, 5) is 14.3. The molecule has 3 heterocycles.